The van der Waals surface area contributed by atoms with Gasteiger partial charge in [0.2, 0.25) is 10.0 Å². The molecule has 0 unspecified atom stereocenters. The van der Waals surface area contributed by atoms with Crippen molar-refractivity contribution < 1.29 is 8.42 Å². The number of nitrogen functional groups attached to an aromatic ring is 1. The quantitative estimate of drug-likeness (QED) is 0.758. The molecule has 4 nitrogen and oxygen atoms in total. The monoisotopic (exact) mass is 394 g/mol. The lowest BCUT2D eigenvalue weighted by atomic mass is 9.97. The third-order valence-electron chi connectivity index (χ3n) is 3.75. The Morgan fingerprint density at radius 3 is 2.33 bits per heavy atom. The lowest BCUT2D eigenvalue weighted by Gasteiger charge is -2.21. The van der Waals surface area contributed by atoms with Crippen LogP contribution in [0.25, 0.3) is 0 Å². The lowest BCUT2D eigenvalue weighted by Crippen LogP contribution is -2.35. The zero-order valence-corrected chi connectivity index (χ0v) is 14.9. The maximum atomic E-state index is 12.6. The van der Waals surface area contributed by atoms with E-state index in [-0.39, 0.29) is 10.9 Å². The molecule has 1 aliphatic rings. The van der Waals surface area contributed by atoms with E-state index >= 15 is 0 Å². The smallest absolute Gasteiger partial charge is 0.242 e. The van der Waals surface area contributed by atoms with Gasteiger partial charge in [-0.05, 0) is 40.9 Å². The molecule has 0 spiro atoms. The highest BCUT2D eigenvalue weighted by Crippen LogP contribution is 2.32. The number of nitrogens with one attached hydrogen (secondary N) is 1. The van der Waals surface area contributed by atoms with Gasteiger partial charge in [0.25, 0.3) is 0 Å². The predicted octanol–water partition coefficient (Wildman–Crippen LogP) is 4.08. The second-order valence-corrected chi connectivity index (χ2v) is 8.38. The molecular weight excluding hydrogens is 376 g/mol. The number of halogens is 2. The Morgan fingerprint density at radius 2 is 1.71 bits per heavy atom. The summed E-state index contributed by atoms with van der Waals surface area (Å²) in [6.45, 7) is 0. The zero-order valence-electron chi connectivity index (χ0n) is 11.7. The molecule has 0 saturated heterocycles. The molecule has 0 atom stereocenters. The molecule has 0 radical (unpaired) electrons. The average Bonchev–Trinajstić information content (AvgIpc) is 2.36. The van der Waals surface area contributed by atoms with Gasteiger partial charge in [-0.1, -0.05) is 43.7 Å². The van der Waals surface area contributed by atoms with E-state index in [4.69, 9.17) is 17.3 Å². The molecule has 1 fully saturated rings. The van der Waals surface area contributed by atoms with Crippen LogP contribution in [-0.2, 0) is 10.0 Å². The Hall–Kier alpha value is -0.300. The highest BCUT2D eigenvalue weighted by molar-refractivity contribution is 9.10. The number of sulfonamides is 1. The van der Waals surface area contributed by atoms with Crippen LogP contribution in [0.4, 0.5) is 5.69 Å². The summed E-state index contributed by atoms with van der Waals surface area (Å²) < 4.78 is 28.3. The lowest BCUT2D eigenvalue weighted by molar-refractivity contribution is 0.426. The van der Waals surface area contributed by atoms with Crippen LogP contribution in [0.2, 0.25) is 5.02 Å². The van der Waals surface area contributed by atoms with E-state index in [1.165, 1.54) is 31.4 Å². The second kappa shape index (κ2) is 7.31. The van der Waals surface area contributed by atoms with Crippen molar-refractivity contribution >= 4 is 43.2 Å². The maximum Gasteiger partial charge on any atom is 0.242 e. The van der Waals surface area contributed by atoms with E-state index in [0.29, 0.717) is 15.2 Å². The van der Waals surface area contributed by atoms with Crippen molar-refractivity contribution in [2.75, 3.05) is 5.73 Å². The van der Waals surface area contributed by atoms with Crippen molar-refractivity contribution in [2.24, 2.45) is 0 Å². The van der Waals surface area contributed by atoms with Gasteiger partial charge in [0.15, 0.2) is 0 Å². The molecule has 118 valence electrons. The van der Waals surface area contributed by atoms with Gasteiger partial charge in [-0.25, -0.2) is 13.1 Å². The topological polar surface area (TPSA) is 72.2 Å². The van der Waals surface area contributed by atoms with E-state index in [1.54, 1.807) is 0 Å². The van der Waals surface area contributed by atoms with Crippen molar-refractivity contribution in [1.29, 1.82) is 0 Å². The Balaban J connectivity index is 2.21. The molecule has 0 aromatic heterocycles. The Kier molecular flexibility index (Phi) is 5.94. The highest BCUT2D eigenvalue weighted by atomic mass is 79.9. The minimum absolute atomic E-state index is 0.0117. The van der Waals surface area contributed by atoms with Crippen LogP contribution in [0.5, 0.6) is 0 Å². The van der Waals surface area contributed by atoms with Crippen molar-refractivity contribution in [2.45, 2.75) is 55.9 Å². The average molecular weight is 396 g/mol. The third kappa shape index (κ3) is 4.58. The first-order valence-corrected chi connectivity index (χ1v) is 9.82. The summed E-state index contributed by atoms with van der Waals surface area (Å²) in [4.78, 5) is 0.106. The molecule has 1 aromatic carbocycles. The van der Waals surface area contributed by atoms with Gasteiger partial charge in [0.1, 0.15) is 0 Å². The molecule has 2 rings (SSSR count). The SMILES string of the molecule is Nc1cc(Cl)cc(S(=O)(=O)NC2CCCCCCC2)c1Br. The summed E-state index contributed by atoms with van der Waals surface area (Å²) in [5, 5.41) is 0.314. The minimum Gasteiger partial charge on any atom is -0.398 e. The third-order valence-corrected chi connectivity index (χ3v) is 6.66. The van der Waals surface area contributed by atoms with E-state index in [0.717, 1.165) is 25.7 Å². The van der Waals surface area contributed by atoms with Crippen LogP contribution in [-0.4, -0.2) is 14.5 Å². The van der Waals surface area contributed by atoms with Gasteiger partial charge in [-0.3, -0.25) is 0 Å². The molecule has 1 saturated carbocycles. The van der Waals surface area contributed by atoms with Crippen LogP contribution in [0.3, 0.4) is 0 Å². The first-order valence-electron chi connectivity index (χ1n) is 7.17. The van der Waals surface area contributed by atoms with Crippen LogP contribution in [0, 0.1) is 0 Å². The van der Waals surface area contributed by atoms with Gasteiger partial charge in [0.05, 0.1) is 9.37 Å². The van der Waals surface area contributed by atoms with Crippen molar-refractivity contribution in [3.05, 3.63) is 21.6 Å². The molecular formula is C14H20BrClN2O2S. The van der Waals surface area contributed by atoms with Crippen molar-refractivity contribution in [3.63, 3.8) is 0 Å². The van der Waals surface area contributed by atoms with Gasteiger partial charge in [0, 0.05) is 16.8 Å². The number of hydrogen-bond donors (Lipinski definition) is 2. The van der Waals surface area contributed by atoms with Crippen LogP contribution >= 0.6 is 27.5 Å². The normalized spacial score (nSPS) is 18.2. The fraction of sp³-hybridized carbons (Fsp3) is 0.571. The van der Waals surface area contributed by atoms with Crippen molar-refractivity contribution in [1.82, 2.24) is 4.72 Å². The predicted molar refractivity (Wildman–Crippen MR) is 90.0 cm³/mol. The van der Waals surface area contributed by atoms with Crippen LogP contribution in [0.1, 0.15) is 44.9 Å². The molecule has 21 heavy (non-hydrogen) atoms. The summed E-state index contributed by atoms with van der Waals surface area (Å²) in [6, 6.07) is 2.94. The molecule has 1 aliphatic carbocycles. The number of anilines is 1. The van der Waals surface area contributed by atoms with E-state index in [9.17, 15) is 8.42 Å². The number of rotatable bonds is 3. The van der Waals surface area contributed by atoms with E-state index < -0.39 is 10.0 Å². The van der Waals surface area contributed by atoms with Crippen molar-refractivity contribution in [3.8, 4) is 0 Å². The molecule has 1 aromatic rings. The summed E-state index contributed by atoms with van der Waals surface area (Å²) in [6.07, 6.45) is 7.48. The molecule has 3 N–H and O–H groups in total. The standard InChI is InChI=1S/C14H20BrClN2O2S/c15-14-12(17)8-10(16)9-13(14)21(19,20)18-11-6-4-2-1-3-5-7-11/h8-9,11,18H,1-7,17H2. The Bertz CT molecular complexity index is 599. The number of benzene rings is 1. The zero-order chi connectivity index (χ0) is 15.5. The molecule has 0 bridgehead atoms. The first-order chi connectivity index (χ1) is 9.90. The molecule has 0 amide bonds. The minimum atomic E-state index is -3.63. The van der Waals surface area contributed by atoms with Crippen LogP contribution < -0.4 is 10.5 Å². The molecule has 0 heterocycles. The van der Waals surface area contributed by atoms with Crippen LogP contribution in [0.15, 0.2) is 21.5 Å². The first kappa shape index (κ1) is 17.1. The summed E-state index contributed by atoms with van der Waals surface area (Å²) >= 11 is 9.17. The summed E-state index contributed by atoms with van der Waals surface area (Å²) in [5.74, 6) is 0. The fourth-order valence-corrected chi connectivity index (χ4v) is 5.23. The summed E-state index contributed by atoms with van der Waals surface area (Å²) in [5.41, 5.74) is 6.09. The Labute approximate surface area is 139 Å². The largest absolute Gasteiger partial charge is 0.398 e. The Morgan fingerprint density at radius 1 is 1.14 bits per heavy atom. The number of nitrogens with two attached hydrogens (primary N) is 1. The number of hydrogen-bond acceptors (Lipinski definition) is 3. The van der Waals surface area contributed by atoms with E-state index in [1.807, 2.05) is 0 Å². The second-order valence-electron chi connectivity index (χ2n) is 5.47. The highest BCUT2D eigenvalue weighted by Gasteiger charge is 2.24. The van der Waals surface area contributed by atoms with E-state index in [2.05, 4.69) is 20.7 Å². The van der Waals surface area contributed by atoms with Gasteiger partial charge >= 0.3 is 0 Å². The maximum absolute atomic E-state index is 12.6. The van der Waals surface area contributed by atoms with Gasteiger partial charge in [-0.15, -0.1) is 0 Å². The van der Waals surface area contributed by atoms with Gasteiger partial charge in [-0.2, -0.15) is 0 Å². The fourth-order valence-electron chi connectivity index (χ4n) is 2.64. The van der Waals surface area contributed by atoms with Gasteiger partial charge < -0.3 is 5.73 Å². The molecule has 7 heteroatoms. The molecule has 0 aliphatic heterocycles. The summed E-state index contributed by atoms with van der Waals surface area (Å²) in [7, 11) is -3.63.